The standard InChI is InChI=1S/C8H16BrNO3S/c1-8(2)5-7(3-4-13-8)10-14(11,12)6-9/h7,10H,3-6H2,1-2H3. The number of alkyl halides is 1. The van der Waals surface area contributed by atoms with E-state index < -0.39 is 10.0 Å². The van der Waals surface area contributed by atoms with Crippen molar-refractivity contribution in [3.8, 4) is 0 Å². The van der Waals surface area contributed by atoms with Gasteiger partial charge in [0.05, 0.1) is 5.60 Å². The Hall–Kier alpha value is 0.350. The molecule has 0 aromatic heterocycles. The van der Waals surface area contributed by atoms with Gasteiger partial charge in [0.2, 0.25) is 10.0 Å². The summed E-state index contributed by atoms with van der Waals surface area (Å²) in [5.41, 5.74) is -0.224. The molecular formula is C8H16BrNO3S. The molecule has 0 aromatic carbocycles. The Labute approximate surface area is 93.6 Å². The summed E-state index contributed by atoms with van der Waals surface area (Å²) in [7, 11) is -3.16. The molecule has 0 radical (unpaired) electrons. The van der Waals surface area contributed by atoms with E-state index in [1.54, 1.807) is 0 Å². The average molecular weight is 286 g/mol. The van der Waals surface area contributed by atoms with Crippen LogP contribution in [-0.4, -0.2) is 31.3 Å². The van der Waals surface area contributed by atoms with Crippen LogP contribution < -0.4 is 4.72 Å². The maximum Gasteiger partial charge on any atom is 0.221 e. The van der Waals surface area contributed by atoms with E-state index in [2.05, 4.69) is 20.7 Å². The quantitative estimate of drug-likeness (QED) is 0.794. The molecule has 14 heavy (non-hydrogen) atoms. The predicted octanol–water partition coefficient (Wildman–Crippen LogP) is 1.22. The highest BCUT2D eigenvalue weighted by Gasteiger charge is 2.30. The Balaban J connectivity index is 2.54. The van der Waals surface area contributed by atoms with Crippen LogP contribution in [0, 0.1) is 0 Å². The molecule has 1 heterocycles. The Morgan fingerprint density at radius 3 is 2.71 bits per heavy atom. The van der Waals surface area contributed by atoms with Crippen molar-refractivity contribution in [1.82, 2.24) is 4.72 Å². The zero-order valence-electron chi connectivity index (χ0n) is 8.42. The third-order valence-corrected chi connectivity index (χ3v) is 4.97. The molecule has 0 spiro atoms. The van der Waals surface area contributed by atoms with Gasteiger partial charge in [-0.15, -0.1) is 0 Å². The highest BCUT2D eigenvalue weighted by atomic mass is 79.9. The van der Waals surface area contributed by atoms with E-state index in [-0.39, 0.29) is 16.3 Å². The molecule has 1 fully saturated rings. The number of ether oxygens (including phenoxy) is 1. The highest BCUT2D eigenvalue weighted by molar-refractivity contribution is 9.10. The summed E-state index contributed by atoms with van der Waals surface area (Å²) in [6.45, 7) is 4.56. The number of halogens is 1. The lowest BCUT2D eigenvalue weighted by Crippen LogP contribution is -2.45. The van der Waals surface area contributed by atoms with Gasteiger partial charge in [-0.05, 0) is 26.7 Å². The number of rotatable bonds is 3. The summed E-state index contributed by atoms with van der Waals surface area (Å²) >= 11 is 2.94. The van der Waals surface area contributed by atoms with Crippen LogP contribution in [0.15, 0.2) is 0 Å². The zero-order chi connectivity index (χ0) is 10.8. The number of hydrogen-bond acceptors (Lipinski definition) is 3. The summed E-state index contributed by atoms with van der Waals surface area (Å²) in [5.74, 6) is 0. The van der Waals surface area contributed by atoms with Crippen LogP contribution in [0.3, 0.4) is 0 Å². The van der Waals surface area contributed by atoms with Gasteiger partial charge in [0.25, 0.3) is 0 Å². The van der Waals surface area contributed by atoms with E-state index in [0.29, 0.717) is 6.61 Å². The van der Waals surface area contributed by atoms with E-state index in [9.17, 15) is 8.42 Å². The van der Waals surface area contributed by atoms with Crippen LogP contribution in [0.1, 0.15) is 26.7 Å². The van der Waals surface area contributed by atoms with Crippen molar-refractivity contribution in [3.05, 3.63) is 0 Å². The van der Waals surface area contributed by atoms with Gasteiger partial charge in [0.15, 0.2) is 0 Å². The third kappa shape index (κ3) is 3.84. The number of sulfonamides is 1. The van der Waals surface area contributed by atoms with Gasteiger partial charge in [-0.25, -0.2) is 13.1 Å². The molecule has 1 unspecified atom stereocenters. The second-order valence-corrected chi connectivity index (χ2v) is 7.20. The lowest BCUT2D eigenvalue weighted by atomic mass is 9.95. The molecule has 1 N–H and O–H groups in total. The highest BCUT2D eigenvalue weighted by Crippen LogP contribution is 2.24. The van der Waals surface area contributed by atoms with Crippen LogP contribution in [0.5, 0.6) is 0 Å². The predicted molar refractivity (Wildman–Crippen MR) is 58.9 cm³/mol. The van der Waals surface area contributed by atoms with Crippen LogP contribution in [0.4, 0.5) is 0 Å². The molecule has 4 nitrogen and oxygen atoms in total. The fourth-order valence-corrected chi connectivity index (χ4v) is 2.79. The molecule has 0 aromatic rings. The Morgan fingerprint density at radius 1 is 1.57 bits per heavy atom. The van der Waals surface area contributed by atoms with E-state index in [1.807, 2.05) is 13.8 Å². The molecule has 0 bridgehead atoms. The first-order chi connectivity index (χ1) is 6.35. The fourth-order valence-electron chi connectivity index (χ4n) is 1.62. The summed E-state index contributed by atoms with van der Waals surface area (Å²) in [6, 6.07) is 0.00120. The monoisotopic (exact) mass is 285 g/mol. The molecule has 1 atom stereocenters. The van der Waals surface area contributed by atoms with Gasteiger partial charge in [-0.2, -0.15) is 0 Å². The number of nitrogens with one attached hydrogen (secondary N) is 1. The minimum atomic E-state index is -3.16. The van der Waals surface area contributed by atoms with Gasteiger partial charge < -0.3 is 4.74 Å². The van der Waals surface area contributed by atoms with Gasteiger partial charge >= 0.3 is 0 Å². The maximum absolute atomic E-state index is 11.3. The number of hydrogen-bond donors (Lipinski definition) is 1. The molecule has 1 aliphatic rings. The van der Waals surface area contributed by atoms with Crippen molar-refractivity contribution < 1.29 is 13.2 Å². The topological polar surface area (TPSA) is 55.4 Å². The Bertz CT molecular complexity index is 289. The van der Waals surface area contributed by atoms with Gasteiger partial charge in [0, 0.05) is 12.6 Å². The molecule has 1 aliphatic heterocycles. The van der Waals surface area contributed by atoms with Gasteiger partial charge in [0.1, 0.15) is 4.66 Å². The van der Waals surface area contributed by atoms with Crippen molar-refractivity contribution in [2.24, 2.45) is 0 Å². The molecule has 0 aliphatic carbocycles. The maximum atomic E-state index is 11.3. The molecule has 1 saturated heterocycles. The molecule has 1 rings (SSSR count). The van der Waals surface area contributed by atoms with E-state index in [1.165, 1.54) is 0 Å². The van der Waals surface area contributed by atoms with Crippen molar-refractivity contribution >= 4 is 26.0 Å². The average Bonchev–Trinajstić information content (AvgIpc) is 2.01. The fraction of sp³-hybridized carbons (Fsp3) is 1.00. The zero-order valence-corrected chi connectivity index (χ0v) is 10.8. The molecule has 0 amide bonds. The van der Waals surface area contributed by atoms with Crippen LogP contribution in [-0.2, 0) is 14.8 Å². The first-order valence-electron chi connectivity index (χ1n) is 4.54. The summed E-state index contributed by atoms with van der Waals surface area (Å²) in [5, 5.41) is 0. The van der Waals surface area contributed by atoms with Crippen LogP contribution >= 0.6 is 15.9 Å². The first-order valence-corrected chi connectivity index (χ1v) is 7.32. The van der Waals surface area contributed by atoms with E-state index in [4.69, 9.17) is 4.74 Å². The molecule has 6 heteroatoms. The second kappa shape index (κ2) is 4.47. The largest absolute Gasteiger partial charge is 0.375 e. The lowest BCUT2D eigenvalue weighted by Gasteiger charge is -2.35. The van der Waals surface area contributed by atoms with E-state index in [0.717, 1.165) is 12.8 Å². The van der Waals surface area contributed by atoms with Crippen molar-refractivity contribution in [1.29, 1.82) is 0 Å². The van der Waals surface area contributed by atoms with Crippen molar-refractivity contribution in [2.75, 3.05) is 11.3 Å². The summed E-state index contributed by atoms with van der Waals surface area (Å²) in [4.78, 5) is 0. The molecule has 0 saturated carbocycles. The minimum absolute atomic E-state index is 0.00120. The Kier molecular flexibility index (Phi) is 3.96. The molecular weight excluding hydrogens is 270 g/mol. The lowest BCUT2D eigenvalue weighted by molar-refractivity contribution is -0.0599. The van der Waals surface area contributed by atoms with Crippen molar-refractivity contribution in [2.45, 2.75) is 38.3 Å². The van der Waals surface area contributed by atoms with Gasteiger partial charge in [-0.3, -0.25) is 0 Å². The second-order valence-electron chi connectivity index (χ2n) is 4.14. The summed E-state index contributed by atoms with van der Waals surface area (Å²) < 4.78 is 30.7. The summed E-state index contributed by atoms with van der Waals surface area (Å²) in [6.07, 6.45) is 1.47. The van der Waals surface area contributed by atoms with Gasteiger partial charge in [-0.1, -0.05) is 15.9 Å². The first kappa shape index (κ1) is 12.4. The Morgan fingerprint density at radius 2 is 2.21 bits per heavy atom. The smallest absolute Gasteiger partial charge is 0.221 e. The molecule has 84 valence electrons. The third-order valence-electron chi connectivity index (χ3n) is 2.19. The minimum Gasteiger partial charge on any atom is -0.375 e. The normalized spacial score (nSPS) is 27.5. The van der Waals surface area contributed by atoms with Crippen LogP contribution in [0.25, 0.3) is 0 Å². The SMILES string of the molecule is CC1(C)CC(NS(=O)(=O)CBr)CCO1. The van der Waals surface area contributed by atoms with Crippen LogP contribution in [0.2, 0.25) is 0 Å². The van der Waals surface area contributed by atoms with E-state index >= 15 is 0 Å². The van der Waals surface area contributed by atoms with Crippen molar-refractivity contribution in [3.63, 3.8) is 0 Å².